The molecule has 1 aliphatic carbocycles. The molecule has 16 heavy (non-hydrogen) atoms. The third-order valence-corrected chi connectivity index (χ3v) is 2.72. The van der Waals surface area contributed by atoms with Crippen molar-refractivity contribution in [2.45, 2.75) is 24.3 Å². The van der Waals surface area contributed by atoms with Crippen LogP contribution in [0.5, 0.6) is 0 Å². The summed E-state index contributed by atoms with van der Waals surface area (Å²) in [6, 6.07) is 5.22. The summed E-state index contributed by atoms with van der Waals surface area (Å²) in [7, 11) is 0. The van der Waals surface area contributed by atoms with E-state index in [4.69, 9.17) is 0 Å². The predicted octanol–water partition coefficient (Wildman–Crippen LogP) is 2.79. The normalized spacial score (nSPS) is 20.7. The van der Waals surface area contributed by atoms with Crippen LogP contribution in [0.25, 0.3) is 0 Å². The molecule has 1 aromatic carbocycles. The number of isocyanates is 1. The summed E-state index contributed by atoms with van der Waals surface area (Å²) in [5.74, 6) is -3.37. The largest absolute Gasteiger partial charge is 0.253 e. The van der Waals surface area contributed by atoms with Crippen molar-refractivity contribution in [3.05, 3.63) is 35.6 Å². The Kier molecular flexibility index (Phi) is 2.35. The Morgan fingerprint density at radius 2 is 2.00 bits per heavy atom. The van der Waals surface area contributed by atoms with Gasteiger partial charge in [0.15, 0.2) is 0 Å². The number of nitrogens with zero attached hydrogens (tertiary/aromatic N) is 1. The standard InChI is InChI=1S/C11H8F3NO/c12-9-3-1-2-8(4-9)10(15-7-16)5-11(13,14)6-10/h1-4H,5-6H2. The molecule has 1 saturated carbocycles. The van der Waals surface area contributed by atoms with Gasteiger partial charge in [-0.3, -0.25) is 0 Å². The molecule has 2 nitrogen and oxygen atoms in total. The molecule has 0 aliphatic heterocycles. The van der Waals surface area contributed by atoms with Gasteiger partial charge in [-0.25, -0.2) is 18.0 Å². The number of aliphatic imine (C=N–C) groups is 1. The lowest BCUT2D eigenvalue weighted by molar-refractivity contribution is -0.124. The van der Waals surface area contributed by atoms with Crippen molar-refractivity contribution in [1.82, 2.24) is 0 Å². The number of carbonyl (C=O) groups excluding carboxylic acids is 1. The molecule has 0 heterocycles. The average Bonchev–Trinajstić information content (AvgIpc) is 2.15. The summed E-state index contributed by atoms with van der Waals surface area (Å²) in [4.78, 5) is 13.7. The molecule has 0 atom stereocenters. The van der Waals surface area contributed by atoms with Crippen molar-refractivity contribution in [1.29, 1.82) is 0 Å². The molecule has 0 saturated heterocycles. The molecule has 0 amide bonds. The van der Waals surface area contributed by atoms with Crippen LogP contribution in [0.4, 0.5) is 13.2 Å². The Balaban J connectivity index is 2.39. The highest BCUT2D eigenvalue weighted by Crippen LogP contribution is 2.54. The van der Waals surface area contributed by atoms with Gasteiger partial charge < -0.3 is 0 Å². The van der Waals surface area contributed by atoms with Crippen LogP contribution in [-0.2, 0) is 10.3 Å². The SMILES string of the molecule is O=C=NC1(c2cccc(F)c2)CC(F)(F)C1. The molecular weight excluding hydrogens is 219 g/mol. The monoisotopic (exact) mass is 227 g/mol. The zero-order valence-corrected chi connectivity index (χ0v) is 8.21. The van der Waals surface area contributed by atoms with Crippen molar-refractivity contribution in [2.75, 3.05) is 0 Å². The molecule has 0 spiro atoms. The number of halogens is 3. The van der Waals surface area contributed by atoms with E-state index in [9.17, 15) is 18.0 Å². The molecule has 0 aromatic heterocycles. The van der Waals surface area contributed by atoms with Gasteiger partial charge in [0.2, 0.25) is 6.08 Å². The second-order valence-electron chi connectivity index (χ2n) is 3.95. The molecule has 1 aromatic rings. The number of alkyl halides is 2. The number of hydrogen-bond acceptors (Lipinski definition) is 2. The summed E-state index contributed by atoms with van der Waals surface area (Å²) in [6.45, 7) is 0. The lowest BCUT2D eigenvalue weighted by Gasteiger charge is -2.43. The van der Waals surface area contributed by atoms with E-state index >= 15 is 0 Å². The van der Waals surface area contributed by atoms with Gasteiger partial charge in [0.25, 0.3) is 5.92 Å². The molecule has 0 unspecified atom stereocenters. The van der Waals surface area contributed by atoms with Crippen molar-refractivity contribution >= 4 is 6.08 Å². The number of rotatable bonds is 2. The predicted molar refractivity (Wildman–Crippen MR) is 50.4 cm³/mol. The van der Waals surface area contributed by atoms with Gasteiger partial charge >= 0.3 is 0 Å². The minimum absolute atomic E-state index is 0.293. The van der Waals surface area contributed by atoms with Gasteiger partial charge in [-0.2, -0.15) is 4.99 Å². The molecule has 2 rings (SSSR count). The first-order chi connectivity index (χ1) is 7.47. The quantitative estimate of drug-likeness (QED) is 0.564. The van der Waals surface area contributed by atoms with Gasteiger partial charge in [0, 0.05) is 12.8 Å². The van der Waals surface area contributed by atoms with Crippen LogP contribution in [0.2, 0.25) is 0 Å². The average molecular weight is 227 g/mol. The molecule has 5 heteroatoms. The van der Waals surface area contributed by atoms with E-state index in [1.807, 2.05) is 0 Å². The lowest BCUT2D eigenvalue weighted by atomic mass is 9.69. The third-order valence-electron chi connectivity index (χ3n) is 2.72. The van der Waals surface area contributed by atoms with Crippen LogP contribution in [-0.4, -0.2) is 12.0 Å². The molecule has 0 bridgehead atoms. The Bertz CT molecular complexity index is 458. The van der Waals surface area contributed by atoms with Crippen molar-refractivity contribution < 1.29 is 18.0 Å². The summed E-state index contributed by atoms with van der Waals surface area (Å²) in [5, 5.41) is 0. The number of hydrogen-bond donors (Lipinski definition) is 0. The Hall–Kier alpha value is -1.61. The second-order valence-corrected chi connectivity index (χ2v) is 3.95. The summed E-state index contributed by atoms with van der Waals surface area (Å²) in [5.41, 5.74) is -1.00. The third kappa shape index (κ3) is 1.74. The van der Waals surface area contributed by atoms with Crippen LogP contribution in [0.1, 0.15) is 18.4 Å². The first-order valence-electron chi connectivity index (χ1n) is 4.70. The maximum atomic E-state index is 13.0. The topological polar surface area (TPSA) is 29.4 Å². The molecule has 0 N–H and O–H groups in total. The van der Waals surface area contributed by atoms with E-state index in [1.54, 1.807) is 0 Å². The molecule has 0 radical (unpaired) electrons. The molecular formula is C11H8F3NO. The van der Waals surface area contributed by atoms with E-state index in [1.165, 1.54) is 24.3 Å². The van der Waals surface area contributed by atoms with Crippen molar-refractivity contribution in [2.24, 2.45) is 4.99 Å². The Labute approximate surface area is 89.8 Å². The van der Waals surface area contributed by atoms with E-state index in [0.29, 0.717) is 5.56 Å². The second kappa shape index (κ2) is 3.46. The highest BCUT2D eigenvalue weighted by Gasteiger charge is 2.58. The van der Waals surface area contributed by atoms with E-state index in [0.717, 1.165) is 6.07 Å². The first-order valence-corrected chi connectivity index (χ1v) is 4.70. The highest BCUT2D eigenvalue weighted by molar-refractivity contribution is 5.40. The molecule has 1 aliphatic rings. The maximum Gasteiger partial charge on any atom is 0.253 e. The zero-order chi connectivity index (χ0) is 11.8. The van der Waals surface area contributed by atoms with Crippen molar-refractivity contribution in [3.8, 4) is 0 Å². The number of benzene rings is 1. The first kappa shape index (κ1) is 10.9. The molecule has 1 fully saturated rings. The fraction of sp³-hybridized carbons (Fsp3) is 0.364. The molecule has 84 valence electrons. The Morgan fingerprint density at radius 1 is 1.31 bits per heavy atom. The fourth-order valence-electron chi connectivity index (χ4n) is 2.02. The van der Waals surface area contributed by atoms with Crippen LogP contribution < -0.4 is 0 Å². The maximum absolute atomic E-state index is 13.0. The summed E-state index contributed by atoms with van der Waals surface area (Å²) >= 11 is 0. The van der Waals surface area contributed by atoms with Gasteiger partial charge in [-0.05, 0) is 17.7 Å². The van der Waals surface area contributed by atoms with Gasteiger partial charge in [-0.15, -0.1) is 0 Å². The van der Waals surface area contributed by atoms with Crippen LogP contribution in [0.15, 0.2) is 29.3 Å². The minimum Gasteiger partial charge on any atom is -0.211 e. The van der Waals surface area contributed by atoms with Gasteiger partial charge in [0.1, 0.15) is 11.4 Å². The zero-order valence-electron chi connectivity index (χ0n) is 8.21. The smallest absolute Gasteiger partial charge is 0.211 e. The van der Waals surface area contributed by atoms with E-state index in [-0.39, 0.29) is 0 Å². The van der Waals surface area contributed by atoms with E-state index < -0.39 is 30.1 Å². The minimum atomic E-state index is -2.84. The highest BCUT2D eigenvalue weighted by atomic mass is 19.3. The fourth-order valence-corrected chi connectivity index (χ4v) is 2.02. The Morgan fingerprint density at radius 3 is 2.50 bits per heavy atom. The van der Waals surface area contributed by atoms with Crippen LogP contribution in [0, 0.1) is 5.82 Å². The summed E-state index contributed by atoms with van der Waals surface area (Å²) in [6.07, 6.45) is 0.144. The van der Waals surface area contributed by atoms with Gasteiger partial charge in [0.05, 0.1) is 0 Å². The lowest BCUT2D eigenvalue weighted by Crippen LogP contribution is -2.48. The van der Waals surface area contributed by atoms with E-state index in [2.05, 4.69) is 4.99 Å². The van der Waals surface area contributed by atoms with Crippen LogP contribution >= 0.6 is 0 Å². The summed E-state index contributed by atoms with van der Waals surface area (Å²) < 4.78 is 38.7. The van der Waals surface area contributed by atoms with Crippen molar-refractivity contribution in [3.63, 3.8) is 0 Å². The van der Waals surface area contributed by atoms with Gasteiger partial charge in [-0.1, -0.05) is 12.1 Å². The van der Waals surface area contributed by atoms with Crippen LogP contribution in [0.3, 0.4) is 0 Å².